The predicted molar refractivity (Wildman–Crippen MR) is 75.5 cm³/mol. The lowest BCUT2D eigenvalue weighted by atomic mass is 10.0. The zero-order chi connectivity index (χ0) is 14.0. The van der Waals surface area contributed by atoms with Gasteiger partial charge in [-0.15, -0.1) is 0 Å². The number of nitrogens with zero attached hydrogens (tertiary/aromatic N) is 2. The van der Waals surface area contributed by atoms with Crippen LogP contribution >= 0.6 is 0 Å². The number of amides is 1. The minimum Gasteiger partial charge on any atom is -0.508 e. The van der Waals surface area contributed by atoms with Crippen LogP contribution in [0.4, 0.5) is 0 Å². The molecular weight excluding hydrogens is 240 g/mol. The van der Waals surface area contributed by atoms with Gasteiger partial charge < -0.3 is 14.9 Å². The SMILES string of the molecule is Cc1c(O)cccc1C(=O)N1CCCC(N(C)C)C1. The fourth-order valence-corrected chi connectivity index (χ4v) is 2.59. The number of benzene rings is 1. The maximum Gasteiger partial charge on any atom is 0.254 e. The second-order valence-corrected chi connectivity index (χ2v) is 5.46. The van der Waals surface area contributed by atoms with Gasteiger partial charge in [0, 0.05) is 30.3 Å². The number of phenolic OH excluding ortho intramolecular Hbond substituents is 1. The molecule has 1 saturated heterocycles. The van der Waals surface area contributed by atoms with Crippen LogP contribution in [0.1, 0.15) is 28.8 Å². The van der Waals surface area contributed by atoms with Crippen LogP contribution in [0.15, 0.2) is 18.2 Å². The molecule has 1 fully saturated rings. The number of carbonyl (C=O) groups excluding carboxylic acids is 1. The molecular formula is C15H22N2O2. The zero-order valence-electron chi connectivity index (χ0n) is 11.9. The number of hydrogen-bond acceptors (Lipinski definition) is 3. The van der Waals surface area contributed by atoms with E-state index in [0.29, 0.717) is 17.2 Å². The number of piperidine rings is 1. The first kappa shape index (κ1) is 13.9. The van der Waals surface area contributed by atoms with Crippen molar-refractivity contribution < 1.29 is 9.90 Å². The van der Waals surface area contributed by atoms with Crippen molar-refractivity contribution in [3.8, 4) is 5.75 Å². The topological polar surface area (TPSA) is 43.8 Å². The first-order valence-corrected chi connectivity index (χ1v) is 6.75. The summed E-state index contributed by atoms with van der Waals surface area (Å²) in [5.41, 5.74) is 1.28. The lowest BCUT2D eigenvalue weighted by Gasteiger charge is -2.36. The number of likely N-dealkylation sites (N-methyl/N-ethyl adjacent to an activating group) is 1. The van der Waals surface area contributed by atoms with Gasteiger partial charge in [0.2, 0.25) is 0 Å². The molecule has 104 valence electrons. The summed E-state index contributed by atoms with van der Waals surface area (Å²) in [5.74, 6) is 0.215. The van der Waals surface area contributed by atoms with Crippen molar-refractivity contribution in [1.82, 2.24) is 9.80 Å². The van der Waals surface area contributed by atoms with Gasteiger partial charge in [-0.1, -0.05) is 6.07 Å². The molecule has 1 amide bonds. The van der Waals surface area contributed by atoms with Crippen LogP contribution in [0, 0.1) is 6.92 Å². The molecule has 1 N–H and O–H groups in total. The van der Waals surface area contributed by atoms with E-state index in [1.807, 2.05) is 4.90 Å². The quantitative estimate of drug-likeness (QED) is 0.885. The van der Waals surface area contributed by atoms with Crippen LogP contribution in [-0.2, 0) is 0 Å². The van der Waals surface area contributed by atoms with E-state index in [4.69, 9.17) is 0 Å². The van der Waals surface area contributed by atoms with E-state index < -0.39 is 0 Å². The minimum absolute atomic E-state index is 0.0277. The van der Waals surface area contributed by atoms with E-state index >= 15 is 0 Å². The maximum absolute atomic E-state index is 12.5. The molecule has 19 heavy (non-hydrogen) atoms. The molecule has 1 atom stereocenters. The van der Waals surface area contributed by atoms with E-state index in [0.717, 1.165) is 25.9 Å². The third-order valence-electron chi connectivity index (χ3n) is 3.95. The van der Waals surface area contributed by atoms with Crippen LogP contribution in [0.2, 0.25) is 0 Å². The molecule has 0 aliphatic carbocycles. The number of likely N-dealkylation sites (tertiary alicyclic amines) is 1. The van der Waals surface area contributed by atoms with Crippen molar-refractivity contribution in [3.63, 3.8) is 0 Å². The van der Waals surface area contributed by atoms with E-state index in [2.05, 4.69) is 19.0 Å². The zero-order valence-corrected chi connectivity index (χ0v) is 11.9. The molecule has 4 nitrogen and oxygen atoms in total. The van der Waals surface area contributed by atoms with E-state index in [1.165, 1.54) is 0 Å². The summed E-state index contributed by atoms with van der Waals surface area (Å²) >= 11 is 0. The Morgan fingerprint density at radius 1 is 1.42 bits per heavy atom. The molecule has 1 aliphatic heterocycles. The van der Waals surface area contributed by atoms with Gasteiger partial charge in [0.1, 0.15) is 5.75 Å². The van der Waals surface area contributed by atoms with Gasteiger partial charge in [0.25, 0.3) is 5.91 Å². The Bertz CT molecular complexity index is 471. The van der Waals surface area contributed by atoms with Gasteiger partial charge in [-0.05, 0) is 46.0 Å². The number of carbonyl (C=O) groups is 1. The van der Waals surface area contributed by atoms with Crippen molar-refractivity contribution in [2.24, 2.45) is 0 Å². The Balaban J connectivity index is 2.17. The monoisotopic (exact) mass is 262 g/mol. The minimum atomic E-state index is 0.0277. The molecule has 1 unspecified atom stereocenters. The van der Waals surface area contributed by atoms with Crippen LogP contribution < -0.4 is 0 Å². The molecule has 2 rings (SSSR count). The molecule has 0 aromatic heterocycles. The Morgan fingerprint density at radius 2 is 2.16 bits per heavy atom. The van der Waals surface area contributed by atoms with Crippen molar-refractivity contribution in [1.29, 1.82) is 0 Å². The highest BCUT2D eigenvalue weighted by Crippen LogP contribution is 2.23. The molecule has 1 aromatic rings. The van der Waals surface area contributed by atoms with Crippen molar-refractivity contribution >= 4 is 5.91 Å². The average Bonchev–Trinajstić information content (AvgIpc) is 2.41. The smallest absolute Gasteiger partial charge is 0.254 e. The van der Waals surface area contributed by atoms with Crippen LogP contribution in [-0.4, -0.2) is 54.0 Å². The Morgan fingerprint density at radius 3 is 2.84 bits per heavy atom. The molecule has 0 saturated carbocycles. The lowest BCUT2D eigenvalue weighted by molar-refractivity contribution is 0.0634. The fourth-order valence-electron chi connectivity index (χ4n) is 2.59. The van der Waals surface area contributed by atoms with Gasteiger partial charge in [-0.25, -0.2) is 0 Å². The molecule has 4 heteroatoms. The molecule has 1 aliphatic rings. The van der Waals surface area contributed by atoms with Crippen LogP contribution in [0.25, 0.3) is 0 Å². The number of aromatic hydroxyl groups is 1. The van der Waals surface area contributed by atoms with Crippen LogP contribution in [0.5, 0.6) is 5.75 Å². The third-order valence-corrected chi connectivity index (χ3v) is 3.95. The summed E-state index contributed by atoms with van der Waals surface area (Å²) in [6.45, 7) is 3.36. The van der Waals surface area contributed by atoms with Crippen molar-refractivity contribution in [3.05, 3.63) is 29.3 Å². The fraction of sp³-hybridized carbons (Fsp3) is 0.533. The summed E-state index contributed by atoms with van der Waals surface area (Å²) in [4.78, 5) is 16.6. The molecule has 0 spiro atoms. The molecule has 0 bridgehead atoms. The molecule has 1 heterocycles. The van der Waals surface area contributed by atoms with Gasteiger partial charge in [-0.2, -0.15) is 0 Å². The van der Waals surface area contributed by atoms with Gasteiger partial charge in [0.15, 0.2) is 0 Å². The van der Waals surface area contributed by atoms with Gasteiger partial charge in [-0.3, -0.25) is 4.79 Å². The van der Waals surface area contributed by atoms with Gasteiger partial charge in [0.05, 0.1) is 0 Å². The second-order valence-electron chi connectivity index (χ2n) is 5.46. The Labute approximate surface area is 114 Å². The maximum atomic E-state index is 12.5. The van der Waals surface area contributed by atoms with Crippen molar-refractivity contribution in [2.45, 2.75) is 25.8 Å². The summed E-state index contributed by atoms with van der Waals surface area (Å²) in [7, 11) is 4.11. The normalized spacial score (nSPS) is 19.8. The van der Waals surface area contributed by atoms with Gasteiger partial charge >= 0.3 is 0 Å². The first-order chi connectivity index (χ1) is 9.00. The Hall–Kier alpha value is -1.55. The molecule has 0 radical (unpaired) electrons. The summed E-state index contributed by atoms with van der Waals surface area (Å²) in [6.07, 6.45) is 2.17. The number of rotatable bonds is 2. The standard InChI is InChI=1S/C15H22N2O2/c1-11-13(7-4-8-14(11)18)15(19)17-9-5-6-12(10-17)16(2)3/h4,7-8,12,18H,5-6,9-10H2,1-3H3. The average molecular weight is 262 g/mol. The highest BCUT2D eigenvalue weighted by Gasteiger charge is 2.26. The second kappa shape index (κ2) is 5.61. The number of hydrogen-bond donors (Lipinski definition) is 1. The van der Waals surface area contributed by atoms with Crippen LogP contribution in [0.3, 0.4) is 0 Å². The lowest BCUT2D eigenvalue weighted by Crippen LogP contribution is -2.47. The first-order valence-electron chi connectivity index (χ1n) is 6.75. The largest absolute Gasteiger partial charge is 0.508 e. The highest BCUT2D eigenvalue weighted by atomic mass is 16.3. The van der Waals surface area contributed by atoms with Crippen molar-refractivity contribution in [2.75, 3.05) is 27.2 Å². The highest BCUT2D eigenvalue weighted by molar-refractivity contribution is 5.96. The molecule has 1 aromatic carbocycles. The number of phenols is 1. The van der Waals surface area contributed by atoms with E-state index in [1.54, 1.807) is 25.1 Å². The summed E-state index contributed by atoms with van der Waals surface area (Å²) in [5, 5.41) is 9.71. The predicted octanol–water partition coefficient (Wildman–Crippen LogP) is 1.87. The van der Waals surface area contributed by atoms with E-state index in [-0.39, 0.29) is 11.7 Å². The third kappa shape index (κ3) is 2.89. The summed E-state index contributed by atoms with van der Waals surface area (Å²) < 4.78 is 0. The van der Waals surface area contributed by atoms with E-state index in [9.17, 15) is 9.90 Å². The summed E-state index contributed by atoms with van der Waals surface area (Å²) in [6, 6.07) is 5.56. The Kier molecular flexibility index (Phi) is 4.10.